The van der Waals surface area contributed by atoms with Crippen LogP contribution in [0.25, 0.3) is 11.0 Å². The summed E-state index contributed by atoms with van der Waals surface area (Å²) in [4.78, 5) is 24.5. The normalized spacial score (nSPS) is 14.8. The molecule has 1 N–H and O–H groups in total. The molecule has 1 amide bonds. The third kappa shape index (κ3) is 2.65. The maximum atomic E-state index is 12.5. The summed E-state index contributed by atoms with van der Waals surface area (Å²) in [6, 6.07) is 12.1. The number of para-hydroxylation sites is 1. The van der Waals surface area contributed by atoms with E-state index in [-0.39, 0.29) is 22.6 Å². The molecule has 1 aliphatic rings. The number of nitrogens with one attached hydrogen (secondary N) is 1. The van der Waals surface area contributed by atoms with Gasteiger partial charge in [0.25, 0.3) is 5.91 Å². The number of anilines is 1. The van der Waals surface area contributed by atoms with E-state index in [4.69, 9.17) is 9.15 Å². The molecule has 1 aromatic heterocycles. The van der Waals surface area contributed by atoms with Crippen LogP contribution in [-0.4, -0.2) is 24.9 Å². The Balaban J connectivity index is 1.68. The summed E-state index contributed by atoms with van der Waals surface area (Å²) in [6.07, 6.45) is 2.58. The van der Waals surface area contributed by atoms with Gasteiger partial charge in [-0.3, -0.25) is 9.59 Å². The highest BCUT2D eigenvalue weighted by molar-refractivity contribution is 6.53. The average molecular weight is 347 g/mol. The summed E-state index contributed by atoms with van der Waals surface area (Å²) >= 11 is 0. The van der Waals surface area contributed by atoms with E-state index in [0.29, 0.717) is 28.0 Å². The van der Waals surface area contributed by atoms with E-state index in [0.717, 1.165) is 0 Å². The van der Waals surface area contributed by atoms with Gasteiger partial charge in [-0.25, -0.2) is 0 Å². The molecule has 7 heteroatoms. The van der Waals surface area contributed by atoms with Crippen LogP contribution in [0.4, 0.5) is 5.69 Å². The second-order valence-corrected chi connectivity index (χ2v) is 5.58. The van der Waals surface area contributed by atoms with Gasteiger partial charge in [-0.2, -0.15) is 5.10 Å². The summed E-state index contributed by atoms with van der Waals surface area (Å²) in [7, 11) is 1.54. The molecule has 0 unspecified atom stereocenters. The Bertz CT molecular complexity index is 1140. The molecular weight excluding hydrogens is 334 g/mol. The molecule has 0 bridgehead atoms. The van der Waals surface area contributed by atoms with Gasteiger partial charge in [0.2, 0.25) is 5.43 Å². The fraction of sp³-hybridized carbons (Fsp3) is 0.0526. The van der Waals surface area contributed by atoms with E-state index < -0.39 is 0 Å². The zero-order valence-corrected chi connectivity index (χ0v) is 13.7. The summed E-state index contributed by atoms with van der Waals surface area (Å²) < 4.78 is 10.6. The van der Waals surface area contributed by atoms with Crippen molar-refractivity contribution in [1.82, 2.24) is 0 Å². The summed E-state index contributed by atoms with van der Waals surface area (Å²) in [5.74, 6) is 0.264. The predicted molar refractivity (Wildman–Crippen MR) is 98.2 cm³/mol. The van der Waals surface area contributed by atoms with Gasteiger partial charge in [-0.15, -0.1) is 5.10 Å². The van der Waals surface area contributed by atoms with Gasteiger partial charge < -0.3 is 14.5 Å². The smallest absolute Gasteiger partial charge is 0.276 e. The molecule has 0 fully saturated rings. The number of nitrogens with zero attached hydrogens (tertiary/aromatic N) is 2. The van der Waals surface area contributed by atoms with Crippen molar-refractivity contribution in [3.63, 3.8) is 0 Å². The van der Waals surface area contributed by atoms with E-state index in [9.17, 15) is 9.59 Å². The molecule has 0 atom stereocenters. The van der Waals surface area contributed by atoms with Crippen molar-refractivity contribution in [2.45, 2.75) is 0 Å². The van der Waals surface area contributed by atoms with Crippen LogP contribution in [-0.2, 0) is 4.79 Å². The quantitative estimate of drug-likeness (QED) is 0.582. The van der Waals surface area contributed by atoms with Gasteiger partial charge in [0.15, 0.2) is 5.71 Å². The molecule has 7 nitrogen and oxygen atoms in total. The molecule has 128 valence electrons. The lowest BCUT2D eigenvalue weighted by molar-refractivity contribution is -0.110. The van der Waals surface area contributed by atoms with Gasteiger partial charge in [-0.1, -0.05) is 18.2 Å². The zero-order valence-electron chi connectivity index (χ0n) is 13.7. The summed E-state index contributed by atoms with van der Waals surface area (Å²) in [5, 5.41) is 11.0. The first-order chi connectivity index (χ1) is 12.7. The maximum absolute atomic E-state index is 12.5. The number of fused-ring (bicyclic) bond motifs is 2. The van der Waals surface area contributed by atoms with Gasteiger partial charge in [-0.05, 0) is 18.2 Å². The minimum atomic E-state index is -0.332. The molecular formula is C19H13N3O4. The first-order valence-corrected chi connectivity index (χ1v) is 7.78. The Labute approximate surface area is 147 Å². The first kappa shape index (κ1) is 15.8. The van der Waals surface area contributed by atoms with E-state index in [2.05, 4.69) is 15.5 Å². The zero-order chi connectivity index (χ0) is 18.1. The van der Waals surface area contributed by atoms with Crippen molar-refractivity contribution in [2.75, 3.05) is 12.4 Å². The maximum Gasteiger partial charge on any atom is 0.276 e. The number of carbonyl (C=O) groups excluding carboxylic acids is 1. The van der Waals surface area contributed by atoms with Gasteiger partial charge in [0, 0.05) is 11.6 Å². The number of methoxy groups -OCH3 is 1. The Morgan fingerprint density at radius 3 is 2.85 bits per heavy atom. The Kier molecular flexibility index (Phi) is 3.81. The van der Waals surface area contributed by atoms with Crippen molar-refractivity contribution in [2.24, 2.45) is 10.2 Å². The second-order valence-electron chi connectivity index (χ2n) is 5.58. The SMILES string of the molecule is COc1ccc2c(=O)c(/C=N/N=C3/C(=O)Nc4ccccc43)coc2c1. The molecule has 0 spiro atoms. The molecule has 0 aliphatic carbocycles. The van der Waals surface area contributed by atoms with Crippen LogP contribution >= 0.6 is 0 Å². The van der Waals surface area contributed by atoms with Crippen LogP contribution in [0.3, 0.4) is 0 Å². The standard InChI is InChI=1S/C19H13N3O4/c1-25-12-6-7-14-16(8-12)26-10-11(18(14)23)9-20-22-17-13-4-2-3-5-15(13)21-19(17)24/h2-10H,1H3,(H,21,22,24)/b20-9+. The van der Waals surface area contributed by atoms with Crippen molar-refractivity contribution in [1.29, 1.82) is 0 Å². The molecule has 0 saturated heterocycles. The third-order valence-electron chi connectivity index (χ3n) is 4.01. The molecule has 2 heterocycles. The molecule has 1 aliphatic heterocycles. The highest BCUT2D eigenvalue weighted by Crippen LogP contribution is 2.22. The predicted octanol–water partition coefficient (Wildman–Crippen LogP) is 2.58. The number of rotatable bonds is 3. The van der Waals surface area contributed by atoms with Crippen LogP contribution in [0.15, 0.2) is 68.1 Å². The Morgan fingerprint density at radius 1 is 1.15 bits per heavy atom. The van der Waals surface area contributed by atoms with Crippen LogP contribution < -0.4 is 15.5 Å². The van der Waals surface area contributed by atoms with Crippen LogP contribution in [0.2, 0.25) is 0 Å². The Morgan fingerprint density at radius 2 is 2.00 bits per heavy atom. The van der Waals surface area contributed by atoms with Crippen molar-refractivity contribution < 1.29 is 13.9 Å². The van der Waals surface area contributed by atoms with Gasteiger partial charge in [0.1, 0.15) is 17.6 Å². The Hall–Kier alpha value is -3.74. The van der Waals surface area contributed by atoms with E-state index in [1.165, 1.54) is 19.6 Å². The molecule has 4 rings (SSSR count). The second kappa shape index (κ2) is 6.29. The summed E-state index contributed by atoms with van der Waals surface area (Å²) in [6.45, 7) is 0. The van der Waals surface area contributed by atoms with Crippen LogP contribution in [0, 0.1) is 0 Å². The molecule has 2 aromatic carbocycles. The van der Waals surface area contributed by atoms with Crippen molar-refractivity contribution >= 4 is 34.5 Å². The topological polar surface area (TPSA) is 93.3 Å². The number of benzene rings is 2. The average Bonchev–Trinajstić information content (AvgIpc) is 2.98. The molecule has 0 saturated carbocycles. The fourth-order valence-corrected chi connectivity index (χ4v) is 2.69. The lowest BCUT2D eigenvalue weighted by Crippen LogP contribution is -2.14. The minimum Gasteiger partial charge on any atom is -0.497 e. The minimum absolute atomic E-state index is 0.201. The number of carbonyl (C=O) groups is 1. The number of amides is 1. The number of hydrogen-bond acceptors (Lipinski definition) is 6. The largest absolute Gasteiger partial charge is 0.497 e. The highest BCUT2D eigenvalue weighted by atomic mass is 16.5. The van der Waals surface area contributed by atoms with Crippen LogP contribution in [0.1, 0.15) is 11.1 Å². The van der Waals surface area contributed by atoms with E-state index >= 15 is 0 Å². The summed E-state index contributed by atoms with van der Waals surface area (Å²) in [5.41, 5.74) is 1.97. The first-order valence-electron chi connectivity index (χ1n) is 7.78. The van der Waals surface area contributed by atoms with Gasteiger partial charge in [0.05, 0.1) is 30.0 Å². The molecule has 3 aromatic rings. The lowest BCUT2D eigenvalue weighted by Gasteiger charge is -2.01. The lowest BCUT2D eigenvalue weighted by atomic mass is 10.1. The number of hydrogen-bond donors (Lipinski definition) is 1. The number of ether oxygens (including phenoxy) is 1. The molecule has 0 radical (unpaired) electrons. The van der Waals surface area contributed by atoms with Gasteiger partial charge >= 0.3 is 0 Å². The van der Waals surface area contributed by atoms with Crippen LogP contribution in [0.5, 0.6) is 5.75 Å². The fourth-order valence-electron chi connectivity index (χ4n) is 2.69. The monoisotopic (exact) mass is 347 g/mol. The van der Waals surface area contributed by atoms with E-state index in [1.54, 1.807) is 30.3 Å². The molecule has 26 heavy (non-hydrogen) atoms. The van der Waals surface area contributed by atoms with Crippen molar-refractivity contribution in [3.05, 3.63) is 70.1 Å². The van der Waals surface area contributed by atoms with Crippen molar-refractivity contribution in [3.8, 4) is 5.75 Å². The highest BCUT2D eigenvalue weighted by Gasteiger charge is 2.25. The van der Waals surface area contributed by atoms with E-state index in [1.807, 2.05) is 12.1 Å². The third-order valence-corrected chi connectivity index (χ3v) is 4.01.